The molecule has 0 aromatic carbocycles. The standard InChI is InChI=1S/C16H34N2/c1-13(2)8-6-9-14(3)17-15(4)16-10-7-11-18(5)12-16/h13-17H,6-12H2,1-5H3. The van der Waals surface area contributed by atoms with Crippen LogP contribution >= 0.6 is 0 Å². The van der Waals surface area contributed by atoms with Gasteiger partial charge < -0.3 is 10.2 Å². The molecule has 18 heavy (non-hydrogen) atoms. The quantitative estimate of drug-likeness (QED) is 0.748. The summed E-state index contributed by atoms with van der Waals surface area (Å²) in [6.45, 7) is 11.9. The molecule has 0 aromatic rings. The summed E-state index contributed by atoms with van der Waals surface area (Å²) in [5, 5.41) is 3.82. The van der Waals surface area contributed by atoms with Gasteiger partial charge in [-0.2, -0.15) is 0 Å². The molecule has 0 saturated carbocycles. The molecule has 1 N–H and O–H groups in total. The van der Waals surface area contributed by atoms with Crippen molar-refractivity contribution in [3.05, 3.63) is 0 Å². The maximum atomic E-state index is 3.82. The van der Waals surface area contributed by atoms with Gasteiger partial charge in [0.1, 0.15) is 0 Å². The van der Waals surface area contributed by atoms with Crippen molar-refractivity contribution in [3.63, 3.8) is 0 Å². The molecule has 1 fully saturated rings. The van der Waals surface area contributed by atoms with E-state index in [9.17, 15) is 0 Å². The molecule has 0 aliphatic carbocycles. The van der Waals surface area contributed by atoms with Crippen LogP contribution < -0.4 is 5.32 Å². The van der Waals surface area contributed by atoms with Crippen molar-refractivity contribution >= 4 is 0 Å². The van der Waals surface area contributed by atoms with E-state index >= 15 is 0 Å². The molecular weight excluding hydrogens is 220 g/mol. The Morgan fingerprint density at radius 3 is 2.50 bits per heavy atom. The predicted molar refractivity (Wildman–Crippen MR) is 81.0 cm³/mol. The van der Waals surface area contributed by atoms with Crippen LogP contribution in [0, 0.1) is 11.8 Å². The van der Waals surface area contributed by atoms with Gasteiger partial charge >= 0.3 is 0 Å². The summed E-state index contributed by atoms with van der Waals surface area (Å²) in [6.07, 6.45) is 6.83. The largest absolute Gasteiger partial charge is 0.311 e. The molecule has 0 aromatic heterocycles. The molecule has 2 nitrogen and oxygen atoms in total. The van der Waals surface area contributed by atoms with Gasteiger partial charge in [0.2, 0.25) is 0 Å². The van der Waals surface area contributed by atoms with Crippen molar-refractivity contribution in [1.82, 2.24) is 10.2 Å². The lowest BCUT2D eigenvalue weighted by molar-refractivity contribution is 0.173. The molecule has 1 saturated heterocycles. The van der Waals surface area contributed by atoms with Crippen molar-refractivity contribution in [1.29, 1.82) is 0 Å². The summed E-state index contributed by atoms with van der Waals surface area (Å²) in [6, 6.07) is 1.34. The summed E-state index contributed by atoms with van der Waals surface area (Å²) in [4.78, 5) is 2.48. The third-order valence-electron chi connectivity index (χ3n) is 4.33. The molecule has 0 radical (unpaired) electrons. The van der Waals surface area contributed by atoms with Crippen LogP contribution in [0.2, 0.25) is 0 Å². The second-order valence-corrected chi connectivity index (χ2v) is 6.85. The van der Waals surface area contributed by atoms with Gasteiger partial charge in [-0.3, -0.25) is 0 Å². The summed E-state index contributed by atoms with van der Waals surface area (Å²) >= 11 is 0. The highest BCUT2D eigenvalue weighted by molar-refractivity contribution is 4.80. The molecule has 1 rings (SSSR count). The molecule has 1 aliphatic heterocycles. The van der Waals surface area contributed by atoms with Gasteiger partial charge in [-0.15, -0.1) is 0 Å². The number of hydrogen-bond donors (Lipinski definition) is 1. The normalized spacial score (nSPS) is 25.3. The van der Waals surface area contributed by atoms with Crippen LogP contribution in [0.15, 0.2) is 0 Å². The number of nitrogens with one attached hydrogen (secondary N) is 1. The average molecular weight is 254 g/mol. The van der Waals surface area contributed by atoms with Crippen molar-refractivity contribution in [2.24, 2.45) is 11.8 Å². The van der Waals surface area contributed by atoms with E-state index in [2.05, 4.69) is 45.0 Å². The second-order valence-electron chi connectivity index (χ2n) is 6.85. The zero-order valence-corrected chi connectivity index (χ0v) is 13.2. The molecular formula is C16H34N2. The lowest BCUT2D eigenvalue weighted by atomic mass is 9.91. The Kier molecular flexibility index (Phi) is 7.25. The summed E-state index contributed by atoms with van der Waals surface area (Å²) < 4.78 is 0. The highest BCUT2D eigenvalue weighted by atomic mass is 15.1. The van der Waals surface area contributed by atoms with Crippen LogP contribution in [0.1, 0.15) is 59.8 Å². The molecule has 108 valence electrons. The Hall–Kier alpha value is -0.0800. The number of nitrogens with zero attached hydrogens (tertiary/aromatic N) is 1. The first-order valence-electron chi connectivity index (χ1n) is 7.93. The number of likely N-dealkylation sites (tertiary alicyclic amines) is 1. The van der Waals surface area contributed by atoms with Gasteiger partial charge in [-0.25, -0.2) is 0 Å². The third kappa shape index (κ3) is 6.19. The van der Waals surface area contributed by atoms with Crippen LogP contribution in [0.25, 0.3) is 0 Å². The summed E-state index contributed by atoms with van der Waals surface area (Å²) in [5.41, 5.74) is 0. The van der Waals surface area contributed by atoms with Gasteiger partial charge in [-0.1, -0.05) is 26.7 Å². The first-order chi connectivity index (χ1) is 8.49. The monoisotopic (exact) mass is 254 g/mol. The maximum Gasteiger partial charge on any atom is 0.00816 e. The van der Waals surface area contributed by atoms with E-state index in [4.69, 9.17) is 0 Å². The molecule has 2 heteroatoms. The van der Waals surface area contributed by atoms with Crippen molar-refractivity contribution in [3.8, 4) is 0 Å². The zero-order valence-electron chi connectivity index (χ0n) is 13.2. The molecule has 1 heterocycles. The summed E-state index contributed by atoms with van der Waals surface area (Å²) in [5.74, 6) is 1.69. The van der Waals surface area contributed by atoms with E-state index in [1.165, 1.54) is 45.2 Å². The second kappa shape index (κ2) is 8.16. The molecule has 3 unspecified atom stereocenters. The average Bonchev–Trinajstić information content (AvgIpc) is 2.28. The first kappa shape index (κ1) is 16.0. The van der Waals surface area contributed by atoms with Gasteiger partial charge in [0, 0.05) is 18.6 Å². The minimum atomic E-state index is 0.668. The molecule has 1 aliphatic rings. The Labute approximate surface area is 115 Å². The highest BCUT2D eigenvalue weighted by Gasteiger charge is 2.23. The van der Waals surface area contributed by atoms with Gasteiger partial charge in [0.05, 0.1) is 0 Å². The molecule has 0 amide bonds. The fourth-order valence-corrected chi connectivity index (χ4v) is 3.11. The van der Waals surface area contributed by atoms with Crippen LogP contribution in [0.5, 0.6) is 0 Å². The van der Waals surface area contributed by atoms with Gasteiger partial charge in [0.25, 0.3) is 0 Å². The van der Waals surface area contributed by atoms with E-state index in [1.54, 1.807) is 0 Å². The molecule has 0 bridgehead atoms. The van der Waals surface area contributed by atoms with Crippen LogP contribution in [0.3, 0.4) is 0 Å². The van der Waals surface area contributed by atoms with Crippen molar-refractivity contribution in [2.45, 2.75) is 71.9 Å². The van der Waals surface area contributed by atoms with E-state index in [0.29, 0.717) is 12.1 Å². The van der Waals surface area contributed by atoms with Crippen molar-refractivity contribution < 1.29 is 0 Å². The predicted octanol–water partition coefficient (Wildman–Crippen LogP) is 3.52. The van der Waals surface area contributed by atoms with E-state index in [-0.39, 0.29) is 0 Å². The fourth-order valence-electron chi connectivity index (χ4n) is 3.11. The number of hydrogen-bond acceptors (Lipinski definition) is 2. The van der Waals surface area contributed by atoms with Crippen LogP contribution in [-0.4, -0.2) is 37.1 Å². The van der Waals surface area contributed by atoms with Crippen molar-refractivity contribution in [2.75, 3.05) is 20.1 Å². The zero-order chi connectivity index (χ0) is 13.5. The van der Waals surface area contributed by atoms with Crippen LogP contribution in [-0.2, 0) is 0 Å². The summed E-state index contributed by atoms with van der Waals surface area (Å²) in [7, 11) is 2.25. The fraction of sp³-hybridized carbons (Fsp3) is 1.00. The molecule has 0 spiro atoms. The van der Waals surface area contributed by atoms with Gasteiger partial charge in [-0.05, 0) is 58.5 Å². The minimum Gasteiger partial charge on any atom is -0.311 e. The maximum absolute atomic E-state index is 3.82. The SMILES string of the molecule is CC(C)CCCC(C)NC(C)C1CCCN(C)C1. The highest BCUT2D eigenvalue weighted by Crippen LogP contribution is 2.19. The third-order valence-corrected chi connectivity index (χ3v) is 4.33. The van der Waals surface area contributed by atoms with E-state index < -0.39 is 0 Å². The first-order valence-corrected chi connectivity index (χ1v) is 7.93. The smallest absolute Gasteiger partial charge is 0.00816 e. The Morgan fingerprint density at radius 1 is 1.17 bits per heavy atom. The number of piperidine rings is 1. The lowest BCUT2D eigenvalue weighted by Gasteiger charge is -2.35. The van der Waals surface area contributed by atoms with E-state index in [0.717, 1.165) is 11.8 Å². The van der Waals surface area contributed by atoms with Gasteiger partial charge in [0.15, 0.2) is 0 Å². The van der Waals surface area contributed by atoms with E-state index in [1.807, 2.05) is 0 Å². The lowest BCUT2D eigenvalue weighted by Crippen LogP contribution is -2.45. The topological polar surface area (TPSA) is 15.3 Å². The number of rotatable bonds is 7. The molecule has 3 atom stereocenters. The minimum absolute atomic E-state index is 0.668. The Morgan fingerprint density at radius 2 is 1.89 bits per heavy atom. The Balaban J connectivity index is 2.19. The van der Waals surface area contributed by atoms with Crippen LogP contribution in [0.4, 0.5) is 0 Å². The Bertz CT molecular complexity index is 215.